The number of hydrogen-bond donors (Lipinski definition) is 1. The van der Waals surface area contributed by atoms with Crippen LogP contribution in [0.3, 0.4) is 0 Å². The molecule has 2 aromatic rings. The van der Waals surface area contributed by atoms with E-state index in [0.29, 0.717) is 5.56 Å². The van der Waals surface area contributed by atoms with Crippen molar-refractivity contribution in [1.29, 1.82) is 0 Å². The Kier molecular flexibility index (Phi) is 3.01. The molecule has 0 saturated carbocycles. The summed E-state index contributed by atoms with van der Waals surface area (Å²) in [6.45, 7) is 0. The van der Waals surface area contributed by atoms with Crippen molar-refractivity contribution in [2.45, 2.75) is 0 Å². The van der Waals surface area contributed by atoms with E-state index >= 15 is 0 Å². The molecular weight excluding hydrogens is 245 g/mol. The third kappa shape index (κ3) is 2.57. The summed E-state index contributed by atoms with van der Waals surface area (Å²) in [5.41, 5.74) is 5.68. The van der Waals surface area contributed by atoms with Gasteiger partial charge in [-0.1, -0.05) is 11.6 Å². The third-order valence-corrected chi connectivity index (χ3v) is 2.24. The summed E-state index contributed by atoms with van der Waals surface area (Å²) >= 11 is 5.74. The highest BCUT2D eigenvalue weighted by Gasteiger charge is 2.09. The van der Waals surface area contributed by atoms with Crippen LogP contribution in [0.4, 0.5) is 4.39 Å². The minimum atomic E-state index is -0.697. The van der Waals surface area contributed by atoms with Gasteiger partial charge in [0.1, 0.15) is 16.7 Å². The van der Waals surface area contributed by atoms with Crippen molar-refractivity contribution in [3.05, 3.63) is 47.0 Å². The molecule has 2 rings (SSSR count). The number of rotatable bonds is 2. The van der Waals surface area contributed by atoms with Gasteiger partial charge in [0.15, 0.2) is 5.82 Å². The summed E-state index contributed by atoms with van der Waals surface area (Å²) in [5.74, 6) is -0.838. The van der Waals surface area contributed by atoms with Crippen LogP contribution in [0.2, 0.25) is 5.15 Å². The topological polar surface area (TPSA) is 68.9 Å². The predicted octanol–water partition coefficient (Wildman–Crippen LogP) is 2.03. The van der Waals surface area contributed by atoms with Crippen LogP contribution in [0.1, 0.15) is 10.5 Å². The first-order chi connectivity index (χ1) is 8.06. The zero-order valence-electron chi connectivity index (χ0n) is 8.52. The first kappa shape index (κ1) is 11.5. The van der Waals surface area contributed by atoms with Crippen LogP contribution in [0.25, 0.3) is 11.4 Å². The minimum absolute atomic E-state index is 0.0179. The molecule has 1 heterocycles. The third-order valence-electron chi connectivity index (χ3n) is 2.05. The smallest absolute Gasteiger partial charge is 0.267 e. The Morgan fingerprint density at radius 1 is 1.24 bits per heavy atom. The van der Waals surface area contributed by atoms with Gasteiger partial charge in [-0.05, 0) is 24.3 Å². The second-order valence-corrected chi connectivity index (χ2v) is 3.66. The monoisotopic (exact) mass is 251 g/mol. The van der Waals surface area contributed by atoms with Gasteiger partial charge in [0, 0.05) is 11.6 Å². The number of hydrogen-bond acceptors (Lipinski definition) is 3. The first-order valence-corrected chi connectivity index (χ1v) is 5.04. The van der Waals surface area contributed by atoms with E-state index in [0.717, 1.165) is 0 Å². The number of halogens is 2. The van der Waals surface area contributed by atoms with Gasteiger partial charge in [-0.15, -0.1) is 0 Å². The molecule has 0 bridgehead atoms. The van der Waals surface area contributed by atoms with Crippen molar-refractivity contribution in [3.8, 4) is 11.4 Å². The number of primary amides is 1. The molecule has 17 heavy (non-hydrogen) atoms. The van der Waals surface area contributed by atoms with Gasteiger partial charge in [0.05, 0.1) is 0 Å². The van der Waals surface area contributed by atoms with E-state index in [1.807, 2.05) is 0 Å². The SMILES string of the molecule is NC(=O)c1cc(Cl)nc(-c2ccc(F)cc2)n1. The Bertz CT molecular complexity index is 571. The molecule has 0 unspecified atom stereocenters. The fourth-order valence-corrected chi connectivity index (χ4v) is 1.46. The molecule has 0 radical (unpaired) electrons. The van der Waals surface area contributed by atoms with Gasteiger partial charge in [0.25, 0.3) is 5.91 Å². The zero-order valence-corrected chi connectivity index (χ0v) is 9.28. The molecule has 0 fully saturated rings. The Morgan fingerprint density at radius 2 is 1.88 bits per heavy atom. The average molecular weight is 252 g/mol. The van der Waals surface area contributed by atoms with Crippen molar-refractivity contribution in [2.24, 2.45) is 5.73 Å². The molecule has 0 aliphatic carbocycles. The summed E-state index contributed by atoms with van der Waals surface area (Å²) in [7, 11) is 0. The van der Waals surface area contributed by atoms with Crippen molar-refractivity contribution in [2.75, 3.05) is 0 Å². The lowest BCUT2D eigenvalue weighted by molar-refractivity contribution is 0.0995. The second-order valence-electron chi connectivity index (χ2n) is 3.27. The Labute approximate surface area is 101 Å². The van der Waals surface area contributed by atoms with Crippen LogP contribution in [0.5, 0.6) is 0 Å². The Balaban J connectivity index is 2.51. The molecule has 6 heteroatoms. The molecule has 86 valence electrons. The van der Waals surface area contributed by atoms with Crippen LogP contribution >= 0.6 is 11.6 Å². The molecule has 0 aliphatic heterocycles. The van der Waals surface area contributed by atoms with Crippen molar-refractivity contribution in [3.63, 3.8) is 0 Å². The van der Waals surface area contributed by atoms with E-state index in [1.165, 1.54) is 30.3 Å². The quantitative estimate of drug-likeness (QED) is 0.831. The van der Waals surface area contributed by atoms with E-state index in [2.05, 4.69) is 9.97 Å². The Hall–Kier alpha value is -2.01. The zero-order chi connectivity index (χ0) is 12.4. The average Bonchev–Trinajstić information content (AvgIpc) is 2.29. The van der Waals surface area contributed by atoms with Gasteiger partial charge in [-0.3, -0.25) is 4.79 Å². The number of nitrogens with zero attached hydrogens (tertiary/aromatic N) is 2. The maximum atomic E-state index is 12.7. The molecule has 0 atom stereocenters. The summed E-state index contributed by atoms with van der Waals surface area (Å²) in [6, 6.07) is 6.79. The van der Waals surface area contributed by atoms with Crippen LogP contribution in [-0.2, 0) is 0 Å². The predicted molar refractivity (Wildman–Crippen MR) is 61.0 cm³/mol. The number of carbonyl (C=O) groups excluding carboxylic acids is 1. The summed E-state index contributed by atoms with van der Waals surface area (Å²) in [6.07, 6.45) is 0. The van der Waals surface area contributed by atoms with Crippen molar-refractivity contribution < 1.29 is 9.18 Å². The summed E-state index contributed by atoms with van der Waals surface area (Å²) < 4.78 is 12.7. The summed E-state index contributed by atoms with van der Waals surface area (Å²) in [5, 5.41) is 0.105. The molecule has 4 nitrogen and oxygen atoms in total. The number of benzene rings is 1. The molecule has 0 aliphatic rings. The molecule has 0 spiro atoms. The second kappa shape index (κ2) is 4.47. The molecule has 2 N–H and O–H groups in total. The normalized spacial score (nSPS) is 10.2. The van der Waals surface area contributed by atoms with E-state index in [-0.39, 0.29) is 22.5 Å². The fourth-order valence-electron chi connectivity index (χ4n) is 1.27. The molecular formula is C11H7ClFN3O. The van der Waals surface area contributed by atoms with E-state index < -0.39 is 5.91 Å². The highest BCUT2D eigenvalue weighted by molar-refractivity contribution is 6.29. The van der Waals surface area contributed by atoms with Gasteiger partial charge < -0.3 is 5.73 Å². The number of aromatic nitrogens is 2. The van der Waals surface area contributed by atoms with Gasteiger partial charge in [-0.25, -0.2) is 14.4 Å². The van der Waals surface area contributed by atoms with E-state index in [1.54, 1.807) is 0 Å². The lowest BCUT2D eigenvalue weighted by Crippen LogP contribution is -2.14. The van der Waals surface area contributed by atoms with Crippen LogP contribution < -0.4 is 5.73 Å². The minimum Gasteiger partial charge on any atom is -0.364 e. The lowest BCUT2D eigenvalue weighted by atomic mass is 10.2. The summed E-state index contributed by atoms with van der Waals surface area (Å²) in [4.78, 5) is 18.9. The maximum absolute atomic E-state index is 12.7. The molecule has 1 amide bonds. The highest BCUT2D eigenvalue weighted by Crippen LogP contribution is 2.18. The largest absolute Gasteiger partial charge is 0.364 e. The van der Waals surface area contributed by atoms with Gasteiger partial charge >= 0.3 is 0 Å². The molecule has 1 aromatic heterocycles. The van der Waals surface area contributed by atoms with E-state index in [4.69, 9.17) is 17.3 Å². The van der Waals surface area contributed by atoms with Crippen molar-refractivity contribution in [1.82, 2.24) is 9.97 Å². The standard InChI is InChI=1S/C11H7ClFN3O/c12-9-5-8(10(14)17)15-11(16-9)6-1-3-7(13)4-2-6/h1-5H,(H2,14,17). The van der Waals surface area contributed by atoms with Gasteiger partial charge in [0.2, 0.25) is 0 Å². The van der Waals surface area contributed by atoms with Crippen molar-refractivity contribution >= 4 is 17.5 Å². The molecule has 0 saturated heterocycles. The number of carbonyl (C=O) groups is 1. The van der Waals surface area contributed by atoms with Gasteiger partial charge in [-0.2, -0.15) is 0 Å². The fraction of sp³-hybridized carbons (Fsp3) is 0. The lowest BCUT2D eigenvalue weighted by Gasteiger charge is -2.02. The van der Waals surface area contributed by atoms with Crippen LogP contribution in [0.15, 0.2) is 30.3 Å². The van der Waals surface area contributed by atoms with Crippen LogP contribution in [-0.4, -0.2) is 15.9 Å². The Morgan fingerprint density at radius 3 is 2.47 bits per heavy atom. The maximum Gasteiger partial charge on any atom is 0.267 e. The highest BCUT2D eigenvalue weighted by atomic mass is 35.5. The first-order valence-electron chi connectivity index (χ1n) is 4.66. The number of amides is 1. The number of nitrogens with two attached hydrogens (primary N) is 1. The molecule has 1 aromatic carbocycles. The van der Waals surface area contributed by atoms with E-state index in [9.17, 15) is 9.18 Å². The van der Waals surface area contributed by atoms with Crippen LogP contribution in [0, 0.1) is 5.82 Å².